The van der Waals surface area contributed by atoms with Gasteiger partial charge in [0.25, 0.3) is 0 Å². The lowest BCUT2D eigenvalue weighted by Gasteiger charge is -2.14. The Labute approximate surface area is 107 Å². The normalized spacial score (nSPS) is 11.9. The summed E-state index contributed by atoms with van der Waals surface area (Å²) in [5, 5.41) is 9.07. The molecule has 92 valence electrons. The average Bonchev–Trinajstić information content (AvgIpc) is 2.30. The number of rotatable bonds is 6. The summed E-state index contributed by atoms with van der Waals surface area (Å²) in [6, 6.07) is 7.46. The third kappa shape index (κ3) is 4.64. The second-order valence-corrected chi connectivity index (χ2v) is 4.37. The van der Waals surface area contributed by atoms with Gasteiger partial charge in [0, 0.05) is 23.0 Å². The molecule has 0 saturated heterocycles. The minimum atomic E-state index is -0.109. The van der Waals surface area contributed by atoms with Crippen molar-refractivity contribution in [1.82, 2.24) is 0 Å². The van der Waals surface area contributed by atoms with Crippen LogP contribution in [-0.4, -0.2) is 6.61 Å². The third-order valence-electron chi connectivity index (χ3n) is 2.40. The molecule has 0 aliphatic rings. The van der Waals surface area contributed by atoms with Gasteiger partial charge in [-0.25, -0.2) is 0 Å². The van der Waals surface area contributed by atoms with Crippen LogP contribution in [0.5, 0.6) is 5.75 Å². The highest BCUT2D eigenvalue weighted by molar-refractivity contribution is 6.30. The second-order valence-electron chi connectivity index (χ2n) is 3.93. The van der Waals surface area contributed by atoms with Gasteiger partial charge in [-0.2, -0.15) is 5.26 Å². The number of hydrogen-bond donors (Lipinski definition) is 1. The Morgan fingerprint density at radius 1 is 1.47 bits per heavy atom. The summed E-state index contributed by atoms with van der Waals surface area (Å²) < 4.78 is 5.65. The number of hydrogen-bond acceptors (Lipinski definition) is 3. The van der Waals surface area contributed by atoms with Gasteiger partial charge in [0.15, 0.2) is 0 Å². The first kappa shape index (κ1) is 13.8. The first-order valence-corrected chi connectivity index (χ1v) is 6.07. The Hall–Kier alpha value is -1.24. The monoisotopic (exact) mass is 252 g/mol. The van der Waals surface area contributed by atoms with Crippen molar-refractivity contribution in [2.45, 2.75) is 32.2 Å². The van der Waals surface area contributed by atoms with Gasteiger partial charge in [-0.05, 0) is 38.0 Å². The molecule has 1 aromatic rings. The topological polar surface area (TPSA) is 59.0 Å². The molecular weight excluding hydrogens is 236 g/mol. The molecule has 1 aromatic carbocycles. The summed E-state index contributed by atoms with van der Waals surface area (Å²) in [5.74, 6) is 0.779. The lowest BCUT2D eigenvalue weighted by molar-refractivity contribution is 0.303. The van der Waals surface area contributed by atoms with Crippen LogP contribution in [0.1, 0.15) is 37.8 Å². The molecule has 17 heavy (non-hydrogen) atoms. The summed E-state index contributed by atoms with van der Waals surface area (Å²) in [6.07, 6.45) is 2.30. The average molecular weight is 253 g/mol. The van der Waals surface area contributed by atoms with E-state index in [4.69, 9.17) is 27.3 Å². The van der Waals surface area contributed by atoms with Crippen molar-refractivity contribution in [2.24, 2.45) is 5.73 Å². The number of halogens is 1. The molecule has 0 aromatic heterocycles. The van der Waals surface area contributed by atoms with Gasteiger partial charge in [0.1, 0.15) is 5.75 Å². The van der Waals surface area contributed by atoms with E-state index in [9.17, 15) is 0 Å². The van der Waals surface area contributed by atoms with E-state index in [0.29, 0.717) is 18.1 Å². The molecule has 0 heterocycles. The highest BCUT2D eigenvalue weighted by Crippen LogP contribution is 2.27. The van der Waals surface area contributed by atoms with Crippen molar-refractivity contribution in [3.63, 3.8) is 0 Å². The number of unbranched alkanes of at least 4 members (excludes halogenated alkanes) is 2. The van der Waals surface area contributed by atoms with Crippen molar-refractivity contribution in [3.05, 3.63) is 28.8 Å². The van der Waals surface area contributed by atoms with Crippen LogP contribution < -0.4 is 10.5 Å². The van der Waals surface area contributed by atoms with Gasteiger partial charge < -0.3 is 10.5 Å². The smallest absolute Gasteiger partial charge is 0.124 e. The maximum atomic E-state index is 8.41. The summed E-state index contributed by atoms with van der Waals surface area (Å²) in [5.41, 5.74) is 6.77. The Bertz CT molecular complexity index is 399. The Morgan fingerprint density at radius 3 is 2.88 bits per heavy atom. The molecular formula is C13H17ClN2O. The Kier molecular flexibility index (Phi) is 5.82. The standard InChI is InChI=1S/C13H17ClN2O/c1-10(16)12-9-11(14)5-6-13(12)17-8-4-2-3-7-15/h5-6,9-10H,2-4,8,16H2,1H3. The number of ether oxygens (including phenoxy) is 1. The summed E-state index contributed by atoms with van der Waals surface area (Å²) in [7, 11) is 0. The molecule has 0 aliphatic carbocycles. The fraction of sp³-hybridized carbons (Fsp3) is 0.462. The van der Waals surface area contributed by atoms with E-state index in [1.807, 2.05) is 19.1 Å². The molecule has 1 atom stereocenters. The number of benzene rings is 1. The van der Waals surface area contributed by atoms with Crippen molar-refractivity contribution in [3.8, 4) is 11.8 Å². The van der Waals surface area contributed by atoms with Crippen LogP contribution in [0.2, 0.25) is 5.02 Å². The van der Waals surface area contributed by atoms with E-state index >= 15 is 0 Å². The molecule has 1 unspecified atom stereocenters. The van der Waals surface area contributed by atoms with Crippen molar-refractivity contribution >= 4 is 11.6 Å². The van der Waals surface area contributed by atoms with Gasteiger partial charge in [0.05, 0.1) is 12.7 Å². The molecule has 1 rings (SSSR count). The van der Waals surface area contributed by atoms with Gasteiger partial charge >= 0.3 is 0 Å². The molecule has 0 radical (unpaired) electrons. The molecule has 0 amide bonds. The molecule has 0 bridgehead atoms. The minimum absolute atomic E-state index is 0.109. The Balaban J connectivity index is 2.55. The maximum Gasteiger partial charge on any atom is 0.124 e. The van der Waals surface area contributed by atoms with Crippen LogP contribution in [0.4, 0.5) is 0 Å². The highest BCUT2D eigenvalue weighted by atomic mass is 35.5. The van der Waals surface area contributed by atoms with Gasteiger partial charge in [0.2, 0.25) is 0 Å². The maximum absolute atomic E-state index is 8.41. The largest absolute Gasteiger partial charge is 0.493 e. The first-order chi connectivity index (χ1) is 8.15. The zero-order chi connectivity index (χ0) is 12.7. The Morgan fingerprint density at radius 2 is 2.24 bits per heavy atom. The zero-order valence-electron chi connectivity index (χ0n) is 9.95. The van der Waals surface area contributed by atoms with Crippen LogP contribution in [0.25, 0.3) is 0 Å². The summed E-state index contributed by atoms with van der Waals surface area (Å²) in [6.45, 7) is 2.50. The number of nitriles is 1. The second kappa shape index (κ2) is 7.16. The van der Waals surface area contributed by atoms with Crippen molar-refractivity contribution < 1.29 is 4.74 Å². The molecule has 0 spiro atoms. The van der Waals surface area contributed by atoms with Crippen molar-refractivity contribution in [2.75, 3.05) is 6.61 Å². The SMILES string of the molecule is CC(N)c1cc(Cl)ccc1OCCCCC#N. The predicted molar refractivity (Wildman–Crippen MR) is 69.0 cm³/mol. The van der Waals surface area contributed by atoms with Crippen LogP contribution in [-0.2, 0) is 0 Å². The van der Waals surface area contributed by atoms with Gasteiger partial charge in [-0.15, -0.1) is 0 Å². The van der Waals surface area contributed by atoms with E-state index in [-0.39, 0.29) is 6.04 Å². The number of nitrogens with zero attached hydrogens (tertiary/aromatic N) is 1. The third-order valence-corrected chi connectivity index (χ3v) is 2.64. The first-order valence-electron chi connectivity index (χ1n) is 5.70. The molecule has 2 N–H and O–H groups in total. The number of nitrogens with two attached hydrogens (primary N) is 1. The van der Waals surface area contributed by atoms with E-state index in [1.54, 1.807) is 6.07 Å². The van der Waals surface area contributed by atoms with Crippen molar-refractivity contribution in [1.29, 1.82) is 5.26 Å². The minimum Gasteiger partial charge on any atom is -0.493 e. The quantitative estimate of drug-likeness (QED) is 0.789. The van der Waals surface area contributed by atoms with E-state index in [2.05, 4.69) is 6.07 Å². The molecule has 4 heteroatoms. The molecule has 0 aliphatic heterocycles. The zero-order valence-corrected chi connectivity index (χ0v) is 10.7. The van der Waals surface area contributed by atoms with E-state index in [0.717, 1.165) is 24.2 Å². The van der Waals surface area contributed by atoms with Gasteiger partial charge in [-0.1, -0.05) is 11.6 Å². The van der Waals surface area contributed by atoms with Gasteiger partial charge in [-0.3, -0.25) is 0 Å². The van der Waals surface area contributed by atoms with Crippen LogP contribution in [0.15, 0.2) is 18.2 Å². The summed E-state index contributed by atoms with van der Waals surface area (Å²) >= 11 is 5.92. The molecule has 0 fully saturated rings. The lowest BCUT2D eigenvalue weighted by atomic mass is 10.1. The predicted octanol–water partition coefficient (Wildman–Crippen LogP) is 3.43. The van der Waals surface area contributed by atoms with Crippen LogP contribution in [0, 0.1) is 11.3 Å². The lowest BCUT2D eigenvalue weighted by Crippen LogP contribution is -2.08. The fourth-order valence-corrected chi connectivity index (χ4v) is 1.68. The van der Waals surface area contributed by atoms with Crippen LogP contribution in [0.3, 0.4) is 0 Å². The molecule has 0 saturated carbocycles. The van der Waals surface area contributed by atoms with E-state index in [1.165, 1.54) is 0 Å². The fourth-order valence-electron chi connectivity index (χ4n) is 1.49. The highest BCUT2D eigenvalue weighted by Gasteiger charge is 2.08. The summed E-state index contributed by atoms with van der Waals surface area (Å²) in [4.78, 5) is 0. The van der Waals surface area contributed by atoms with Crippen LogP contribution >= 0.6 is 11.6 Å². The molecule has 3 nitrogen and oxygen atoms in total. The van der Waals surface area contributed by atoms with E-state index < -0.39 is 0 Å².